The van der Waals surface area contributed by atoms with Gasteiger partial charge in [0, 0.05) is 39.3 Å². The maximum absolute atomic E-state index is 11.8. The molecular formula is C20H34IN5O2. The highest BCUT2D eigenvalue weighted by Crippen LogP contribution is 2.12. The summed E-state index contributed by atoms with van der Waals surface area (Å²) in [7, 11) is 5.94. The third-order valence-corrected chi connectivity index (χ3v) is 4.64. The van der Waals surface area contributed by atoms with Crippen molar-refractivity contribution in [3.05, 3.63) is 35.4 Å². The number of likely N-dealkylation sites (tertiary alicyclic amines) is 1. The van der Waals surface area contributed by atoms with Crippen molar-refractivity contribution >= 4 is 36.0 Å². The van der Waals surface area contributed by atoms with Gasteiger partial charge in [0.15, 0.2) is 5.96 Å². The molecule has 1 saturated heterocycles. The van der Waals surface area contributed by atoms with Gasteiger partial charge >= 0.3 is 6.09 Å². The largest absolute Gasteiger partial charge is 0.450 e. The van der Waals surface area contributed by atoms with Gasteiger partial charge < -0.3 is 25.2 Å². The topological polar surface area (TPSA) is 69.2 Å². The molecule has 0 spiro atoms. The van der Waals surface area contributed by atoms with Crippen molar-refractivity contribution in [1.29, 1.82) is 0 Å². The van der Waals surface area contributed by atoms with Crippen LogP contribution in [0.2, 0.25) is 0 Å². The second-order valence-electron chi connectivity index (χ2n) is 7.04. The first kappa shape index (κ1) is 24.5. The summed E-state index contributed by atoms with van der Waals surface area (Å²) in [6.07, 6.45) is 1.56. The molecule has 1 aliphatic rings. The Kier molecular flexibility index (Phi) is 11.2. The lowest BCUT2D eigenvalue weighted by atomic mass is 10.1. The average molecular weight is 503 g/mol. The zero-order valence-electron chi connectivity index (χ0n) is 17.4. The van der Waals surface area contributed by atoms with Crippen LogP contribution >= 0.6 is 24.0 Å². The van der Waals surface area contributed by atoms with Crippen molar-refractivity contribution in [3.8, 4) is 0 Å². The number of hydrogen-bond acceptors (Lipinski definition) is 4. The molecule has 0 aromatic heterocycles. The van der Waals surface area contributed by atoms with E-state index < -0.39 is 0 Å². The normalized spacial score (nSPS) is 15.2. The van der Waals surface area contributed by atoms with E-state index in [9.17, 15) is 4.79 Å². The molecule has 28 heavy (non-hydrogen) atoms. The minimum atomic E-state index is -0.212. The van der Waals surface area contributed by atoms with Crippen LogP contribution in [-0.2, 0) is 17.8 Å². The smallest absolute Gasteiger partial charge is 0.409 e. The minimum absolute atomic E-state index is 0. The van der Waals surface area contributed by atoms with E-state index >= 15 is 0 Å². The van der Waals surface area contributed by atoms with Gasteiger partial charge in [-0.15, -0.1) is 24.0 Å². The van der Waals surface area contributed by atoms with E-state index in [1.165, 1.54) is 11.1 Å². The summed E-state index contributed by atoms with van der Waals surface area (Å²) in [5, 5.41) is 6.89. The van der Waals surface area contributed by atoms with Gasteiger partial charge in [-0.05, 0) is 45.0 Å². The molecule has 0 aliphatic carbocycles. The summed E-state index contributed by atoms with van der Waals surface area (Å²) in [4.78, 5) is 20.1. The van der Waals surface area contributed by atoms with Crippen LogP contribution in [0.15, 0.2) is 29.3 Å². The number of benzene rings is 1. The number of piperidine rings is 1. The van der Waals surface area contributed by atoms with Crippen LogP contribution in [0.3, 0.4) is 0 Å². The number of guanidine groups is 1. The third kappa shape index (κ3) is 7.83. The molecule has 1 aliphatic heterocycles. The van der Waals surface area contributed by atoms with Gasteiger partial charge in [0.2, 0.25) is 0 Å². The molecule has 0 saturated carbocycles. The second kappa shape index (κ2) is 12.8. The maximum Gasteiger partial charge on any atom is 0.409 e. The Morgan fingerprint density at radius 3 is 2.46 bits per heavy atom. The summed E-state index contributed by atoms with van der Waals surface area (Å²) < 4.78 is 5.07. The molecule has 1 aromatic rings. The predicted molar refractivity (Wildman–Crippen MR) is 124 cm³/mol. The standard InChI is InChI=1S/C20H33N5O2.HI/c1-5-27-20(26)25-12-10-18(11-13-25)23-19(21-2)22-14-16-8-6-7-9-17(16)15-24(3)4;/h6-9,18H,5,10-15H2,1-4H3,(H2,21,22,23);1H. The summed E-state index contributed by atoms with van der Waals surface area (Å²) in [6, 6.07) is 8.76. The lowest BCUT2D eigenvalue weighted by Crippen LogP contribution is -2.49. The van der Waals surface area contributed by atoms with Crippen LogP contribution < -0.4 is 10.6 Å². The van der Waals surface area contributed by atoms with E-state index in [0.29, 0.717) is 25.7 Å². The van der Waals surface area contributed by atoms with E-state index in [2.05, 4.69) is 58.9 Å². The quantitative estimate of drug-likeness (QED) is 0.355. The fraction of sp³-hybridized carbons (Fsp3) is 0.600. The third-order valence-electron chi connectivity index (χ3n) is 4.64. The molecule has 0 radical (unpaired) electrons. The Morgan fingerprint density at radius 1 is 1.25 bits per heavy atom. The van der Waals surface area contributed by atoms with E-state index in [-0.39, 0.29) is 30.1 Å². The Hall–Kier alpha value is -1.55. The molecular weight excluding hydrogens is 469 g/mol. The molecule has 1 aromatic carbocycles. The fourth-order valence-corrected chi connectivity index (χ4v) is 3.21. The van der Waals surface area contributed by atoms with E-state index in [0.717, 1.165) is 31.9 Å². The van der Waals surface area contributed by atoms with Crippen molar-refractivity contribution in [2.45, 2.75) is 38.9 Å². The number of carbonyl (C=O) groups is 1. The Balaban J connectivity index is 0.00000392. The van der Waals surface area contributed by atoms with E-state index in [1.54, 1.807) is 11.9 Å². The van der Waals surface area contributed by atoms with E-state index in [1.807, 2.05) is 6.92 Å². The van der Waals surface area contributed by atoms with Crippen molar-refractivity contribution in [2.75, 3.05) is 40.8 Å². The lowest BCUT2D eigenvalue weighted by molar-refractivity contribution is 0.0963. The van der Waals surface area contributed by atoms with Crippen molar-refractivity contribution in [2.24, 2.45) is 4.99 Å². The SMILES string of the molecule is CCOC(=O)N1CCC(NC(=NC)NCc2ccccc2CN(C)C)CC1.I. The van der Waals surface area contributed by atoms with Gasteiger partial charge in [-0.25, -0.2) is 4.79 Å². The number of aliphatic imine (C=N–C) groups is 1. The molecule has 0 bridgehead atoms. The highest BCUT2D eigenvalue weighted by atomic mass is 127. The molecule has 7 nitrogen and oxygen atoms in total. The Bertz CT molecular complexity index is 631. The summed E-state index contributed by atoms with van der Waals surface area (Å²) in [5.41, 5.74) is 2.58. The van der Waals surface area contributed by atoms with Gasteiger partial charge in [0.25, 0.3) is 0 Å². The number of nitrogens with one attached hydrogen (secondary N) is 2. The van der Waals surface area contributed by atoms with Gasteiger partial charge in [-0.2, -0.15) is 0 Å². The Labute approximate surface area is 185 Å². The van der Waals surface area contributed by atoms with Crippen molar-refractivity contribution < 1.29 is 9.53 Å². The van der Waals surface area contributed by atoms with Crippen LogP contribution in [0.25, 0.3) is 0 Å². The van der Waals surface area contributed by atoms with Gasteiger partial charge in [-0.3, -0.25) is 4.99 Å². The number of halogens is 1. The molecule has 1 amide bonds. The van der Waals surface area contributed by atoms with Crippen molar-refractivity contribution in [1.82, 2.24) is 20.4 Å². The number of ether oxygens (including phenoxy) is 1. The number of hydrogen-bond donors (Lipinski definition) is 2. The highest BCUT2D eigenvalue weighted by molar-refractivity contribution is 14.0. The summed E-state index contributed by atoms with van der Waals surface area (Å²) >= 11 is 0. The summed E-state index contributed by atoms with van der Waals surface area (Å²) in [6.45, 7) is 5.31. The second-order valence-corrected chi connectivity index (χ2v) is 7.04. The van der Waals surface area contributed by atoms with Crippen molar-refractivity contribution in [3.63, 3.8) is 0 Å². The molecule has 1 heterocycles. The first-order chi connectivity index (χ1) is 13.0. The molecule has 158 valence electrons. The number of rotatable bonds is 6. The number of amides is 1. The number of carbonyl (C=O) groups excluding carboxylic acids is 1. The fourth-order valence-electron chi connectivity index (χ4n) is 3.21. The van der Waals surface area contributed by atoms with Gasteiger partial charge in [0.1, 0.15) is 0 Å². The molecule has 0 atom stereocenters. The predicted octanol–water partition coefficient (Wildman–Crippen LogP) is 2.65. The summed E-state index contributed by atoms with van der Waals surface area (Å²) in [5.74, 6) is 0.796. The lowest BCUT2D eigenvalue weighted by Gasteiger charge is -2.32. The van der Waals surface area contributed by atoms with Gasteiger partial charge in [0.05, 0.1) is 6.61 Å². The monoisotopic (exact) mass is 503 g/mol. The molecule has 0 unspecified atom stereocenters. The van der Waals surface area contributed by atoms with Crippen LogP contribution in [-0.4, -0.2) is 68.7 Å². The number of nitrogens with zero attached hydrogens (tertiary/aromatic N) is 3. The van der Waals surface area contributed by atoms with Crippen LogP contribution in [0.1, 0.15) is 30.9 Å². The zero-order chi connectivity index (χ0) is 19.6. The van der Waals surface area contributed by atoms with Crippen LogP contribution in [0, 0.1) is 0 Å². The maximum atomic E-state index is 11.8. The average Bonchev–Trinajstić information content (AvgIpc) is 2.66. The Morgan fingerprint density at radius 2 is 1.89 bits per heavy atom. The molecule has 8 heteroatoms. The molecule has 2 rings (SSSR count). The van der Waals surface area contributed by atoms with E-state index in [4.69, 9.17) is 4.74 Å². The molecule has 1 fully saturated rings. The first-order valence-electron chi connectivity index (χ1n) is 9.63. The highest BCUT2D eigenvalue weighted by Gasteiger charge is 2.24. The van der Waals surface area contributed by atoms with Crippen LogP contribution in [0.4, 0.5) is 4.79 Å². The minimum Gasteiger partial charge on any atom is -0.450 e. The van der Waals surface area contributed by atoms with Gasteiger partial charge in [-0.1, -0.05) is 24.3 Å². The zero-order valence-corrected chi connectivity index (χ0v) is 19.7. The van der Waals surface area contributed by atoms with Crippen LogP contribution in [0.5, 0.6) is 0 Å². The first-order valence-corrected chi connectivity index (χ1v) is 9.63. The molecule has 2 N–H and O–H groups in total.